The van der Waals surface area contributed by atoms with Crippen molar-refractivity contribution in [2.24, 2.45) is 35.5 Å². The molecule has 21 heavy (non-hydrogen) atoms. The molecule has 6 atom stereocenters. The fourth-order valence-electron chi connectivity index (χ4n) is 5.54. The maximum atomic E-state index is 10.4. The van der Waals surface area contributed by atoms with Gasteiger partial charge in [0.25, 0.3) is 0 Å². The van der Waals surface area contributed by atoms with Crippen molar-refractivity contribution in [1.29, 1.82) is 0 Å². The molecule has 1 N–H and O–H groups in total. The van der Waals surface area contributed by atoms with Gasteiger partial charge >= 0.3 is 0 Å². The molecule has 0 radical (unpaired) electrons. The van der Waals surface area contributed by atoms with Gasteiger partial charge in [0.2, 0.25) is 0 Å². The summed E-state index contributed by atoms with van der Waals surface area (Å²) in [7, 11) is 0. The van der Waals surface area contributed by atoms with E-state index in [1.807, 2.05) is 0 Å². The number of fused-ring (bicyclic) bond motifs is 1. The summed E-state index contributed by atoms with van der Waals surface area (Å²) < 4.78 is 0. The quantitative estimate of drug-likeness (QED) is 0.693. The van der Waals surface area contributed by atoms with Gasteiger partial charge in [0.05, 0.1) is 6.10 Å². The van der Waals surface area contributed by atoms with E-state index >= 15 is 0 Å². The van der Waals surface area contributed by atoms with Gasteiger partial charge in [0.15, 0.2) is 0 Å². The monoisotopic (exact) mass is 292 g/mol. The lowest BCUT2D eigenvalue weighted by molar-refractivity contribution is 0.0166. The van der Waals surface area contributed by atoms with E-state index in [0.717, 1.165) is 23.7 Å². The van der Waals surface area contributed by atoms with Crippen LogP contribution in [0.4, 0.5) is 0 Å². The number of hydrogen-bond donors (Lipinski definition) is 1. The molecule has 0 aliphatic heterocycles. The Morgan fingerprint density at radius 2 is 1.81 bits per heavy atom. The van der Waals surface area contributed by atoms with Gasteiger partial charge in [-0.05, 0) is 80.5 Å². The lowest BCUT2D eigenvalue weighted by atomic mass is 9.72. The van der Waals surface area contributed by atoms with E-state index in [1.165, 1.54) is 70.6 Å². The van der Waals surface area contributed by atoms with Gasteiger partial charge in [-0.25, -0.2) is 0 Å². The number of aliphatic hydroxyl groups is 1. The molecule has 3 rings (SSSR count). The zero-order chi connectivity index (χ0) is 14.8. The molecule has 1 nitrogen and oxygen atoms in total. The molecule has 0 aromatic carbocycles. The molecule has 0 amide bonds. The second kappa shape index (κ2) is 7.02. The fraction of sp³-hybridized carbons (Fsp3) is 1.00. The Kier molecular flexibility index (Phi) is 5.30. The Labute approximate surface area is 131 Å². The third-order valence-corrected chi connectivity index (χ3v) is 7.27. The normalized spacial score (nSPS) is 39.6. The van der Waals surface area contributed by atoms with Crippen LogP contribution >= 0.6 is 0 Å². The molecule has 0 spiro atoms. The molecule has 0 aromatic rings. The molecule has 0 heterocycles. The zero-order valence-corrected chi connectivity index (χ0v) is 14.3. The van der Waals surface area contributed by atoms with Crippen molar-refractivity contribution in [3.63, 3.8) is 0 Å². The first-order valence-corrected chi connectivity index (χ1v) is 9.83. The minimum absolute atomic E-state index is 0.00946. The first kappa shape index (κ1) is 15.8. The largest absolute Gasteiger partial charge is 0.393 e. The summed E-state index contributed by atoms with van der Waals surface area (Å²) in [5, 5.41) is 10.4. The van der Waals surface area contributed by atoms with Crippen molar-refractivity contribution in [2.45, 2.75) is 90.6 Å². The highest BCUT2D eigenvalue weighted by Crippen LogP contribution is 2.49. The third kappa shape index (κ3) is 3.66. The van der Waals surface area contributed by atoms with E-state index in [9.17, 15) is 5.11 Å². The second-order valence-electron chi connectivity index (χ2n) is 8.77. The van der Waals surface area contributed by atoms with E-state index in [0.29, 0.717) is 11.8 Å². The molecule has 122 valence electrons. The Balaban J connectivity index is 1.38. The van der Waals surface area contributed by atoms with Crippen molar-refractivity contribution in [3.05, 3.63) is 0 Å². The minimum Gasteiger partial charge on any atom is -0.393 e. The van der Waals surface area contributed by atoms with Crippen molar-refractivity contribution >= 4 is 0 Å². The highest BCUT2D eigenvalue weighted by atomic mass is 16.3. The van der Waals surface area contributed by atoms with E-state index in [-0.39, 0.29) is 6.10 Å². The molecule has 3 fully saturated rings. The number of rotatable bonds is 6. The Hall–Kier alpha value is -0.0400. The summed E-state index contributed by atoms with van der Waals surface area (Å²) in [6.45, 7) is 4.74. The Morgan fingerprint density at radius 1 is 1.05 bits per heavy atom. The molecule has 1 heteroatoms. The van der Waals surface area contributed by atoms with Gasteiger partial charge in [0.1, 0.15) is 0 Å². The van der Waals surface area contributed by atoms with Crippen molar-refractivity contribution < 1.29 is 5.11 Å². The van der Waals surface area contributed by atoms with Crippen LogP contribution in [-0.4, -0.2) is 11.2 Å². The summed E-state index contributed by atoms with van der Waals surface area (Å²) in [6, 6.07) is 0. The average Bonchev–Trinajstić information content (AvgIpc) is 2.79. The summed E-state index contributed by atoms with van der Waals surface area (Å²) in [5.41, 5.74) is 0. The number of aliphatic hydroxyl groups excluding tert-OH is 1. The Bertz CT molecular complexity index is 322. The zero-order valence-electron chi connectivity index (χ0n) is 14.3. The first-order chi connectivity index (χ1) is 10.1. The van der Waals surface area contributed by atoms with Gasteiger partial charge in [0, 0.05) is 0 Å². The molecular formula is C20H36O. The predicted octanol–water partition coefficient (Wildman–Crippen LogP) is 5.42. The maximum absolute atomic E-state index is 10.4. The molecule has 3 aliphatic carbocycles. The first-order valence-electron chi connectivity index (χ1n) is 9.83. The van der Waals surface area contributed by atoms with Crippen LogP contribution in [0.5, 0.6) is 0 Å². The maximum Gasteiger partial charge on any atom is 0.0593 e. The molecule has 3 aliphatic rings. The average molecular weight is 293 g/mol. The topological polar surface area (TPSA) is 20.2 Å². The highest BCUT2D eigenvalue weighted by molar-refractivity contribution is 4.89. The van der Waals surface area contributed by atoms with Crippen LogP contribution in [0.2, 0.25) is 0 Å². The van der Waals surface area contributed by atoms with Crippen LogP contribution in [0, 0.1) is 35.5 Å². The highest BCUT2D eigenvalue weighted by Gasteiger charge is 2.38. The van der Waals surface area contributed by atoms with Crippen LogP contribution in [0.3, 0.4) is 0 Å². The summed E-state index contributed by atoms with van der Waals surface area (Å²) in [4.78, 5) is 0. The minimum atomic E-state index is -0.00946. The lowest BCUT2D eigenvalue weighted by Gasteiger charge is -2.35. The van der Waals surface area contributed by atoms with Gasteiger partial charge in [-0.1, -0.05) is 39.5 Å². The number of hydrogen-bond acceptors (Lipinski definition) is 1. The van der Waals surface area contributed by atoms with E-state index < -0.39 is 0 Å². The molecule has 0 aromatic heterocycles. The molecule has 3 saturated carbocycles. The van der Waals surface area contributed by atoms with E-state index in [4.69, 9.17) is 0 Å². The van der Waals surface area contributed by atoms with Gasteiger partial charge < -0.3 is 5.11 Å². The van der Waals surface area contributed by atoms with Crippen LogP contribution in [0.1, 0.15) is 84.5 Å². The van der Waals surface area contributed by atoms with E-state index in [1.54, 1.807) is 0 Å². The lowest BCUT2D eigenvalue weighted by Crippen LogP contribution is -2.32. The van der Waals surface area contributed by atoms with Crippen LogP contribution in [0.15, 0.2) is 0 Å². The van der Waals surface area contributed by atoms with Gasteiger partial charge in [-0.15, -0.1) is 0 Å². The van der Waals surface area contributed by atoms with Crippen LogP contribution < -0.4 is 0 Å². The predicted molar refractivity (Wildman–Crippen MR) is 89.1 cm³/mol. The van der Waals surface area contributed by atoms with Gasteiger partial charge in [-0.2, -0.15) is 0 Å². The Morgan fingerprint density at radius 3 is 2.52 bits per heavy atom. The molecule has 6 unspecified atom stereocenters. The van der Waals surface area contributed by atoms with Crippen molar-refractivity contribution in [3.8, 4) is 0 Å². The molecule has 0 saturated heterocycles. The smallest absolute Gasteiger partial charge is 0.0593 e. The third-order valence-electron chi connectivity index (χ3n) is 7.27. The van der Waals surface area contributed by atoms with Gasteiger partial charge in [-0.3, -0.25) is 0 Å². The van der Waals surface area contributed by atoms with E-state index in [2.05, 4.69) is 13.8 Å². The summed E-state index contributed by atoms with van der Waals surface area (Å²) >= 11 is 0. The summed E-state index contributed by atoms with van der Waals surface area (Å²) in [6.07, 6.45) is 15.5. The summed E-state index contributed by atoms with van der Waals surface area (Å²) in [5.74, 6) is 5.29. The molecular weight excluding hydrogens is 256 g/mol. The van der Waals surface area contributed by atoms with Crippen LogP contribution in [0.25, 0.3) is 0 Å². The van der Waals surface area contributed by atoms with Crippen molar-refractivity contribution in [1.82, 2.24) is 0 Å². The second-order valence-corrected chi connectivity index (χ2v) is 8.77. The van der Waals surface area contributed by atoms with Crippen molar-refractivity contribution in [2.75, 3.05) is 0 Å². The SMILES string of the molecule is CC1CCC2CCC(CCCC(C)C(O)C3CCC3)C2C1. The molecule has 0 bridgehead atoms. The standard InChI is InChI=1S/C20H36O/c1-14-9-10-17-12-11-16(19(17)13-14)6-3-5-15(2)20(21)18-7-4-8-18/h14-21H,3-13H2,1-2H3. The fourth-order valence-corrected chi connectivity index (χ4v) is 5.54. The van der Waals surface area contributed by atoms with Crippen LogP contribution in [-0.2, 0) is 0 Å².